The van der Waals surface area contributed by atoms with E-state index in [9.17, 15) is 9.90 Å². The van der Waals surface area contributed by atoms with E-state index in [0.717, 1.165) is 61.0 Å². The maximum atomic E-state index is 13.1. The Morgan fingerprint density at radius 3 is 1.77 bits per heavy atom. The van der Waals surface area contributed by atoms with Gasteiger partial charge in [0, 0.05) is 16.0 Å². The lowest BCUT2D eigenvalue weighted by Crippen LogP contribution is -2.18. The molecule has 152 valence electrons. The zero-order valence-electron chi connectivity index (χ0n) is 17.8. The third kappa shape index (κ3) is 3.03. The van der Waals surface area contributed by atoms with Gasteiger partial charge < -0.3 is 5.11 Å². The number of hydrogen-bond acceptors (Lipinski definition) is 2. The molecule has 0 unspecified atom stereocenters. The van der Waals surface area contributed by atoms with Crippen LogP contribution in [0.5, 0.6) is 0 Å². The number of aliphatic hydroxyl groups excluding tert-OH is 1. The Kier molecular flexibility index (Phi) is 4.80. The molecule has 0 aromatic heterocycles. The first-order valence-corrected chi connectivity index (χ1v) is 10.8. The Morgan fingerprint density at radius 2 is 1.26 bits per heavy atom. The van der Waals surface area contributed by atoms with Crippen LogP contribution in [0.25, 0.3) is 49.9 Å². The van der Waals surface area contributed by atoms with Crippen LogP contribution >= 0.6 is 0 Å². The fourth-order valence-electron chi connectivity index (χ4n) is 4.65. The molecule has 5 aromatic rings. The first-order valence-electron chi connectivity index (χ1n) is 10.8. The SMILES string of the molecule is CC=c1c(=O)c2ccc(-c3ccc(CO)cc3)c3c(-c4ccc(CC)cc4)ccc1c32. The molecule has 0 fully saturated rings. The van der Waals surface area contributed by atoms with E-state index < -0.39 is 0 Å². The lowest BCUT2D eigenvalue weighted by molar-refractivity contribution is 0.282. The number of rotatable bonds is 4. The molecule has 0 saturated carbocycles. The van der Waals surface area contributed by atoms with Crippen molar-refractivity contribution < 1.29 is 5.11 Å². The van der Waals surface area contributed by atoms with Crippen LogP contribution in [0.1, 0.15) is 25.0 Å². The van der Waals surface area contributed by atoms with Gasteiger partial charge >= 0.3 is 0 Å². The summed E-state index contributed by atoms with van der Waals surface area (Å²) in [7, 11) is 0. The molecule has 5 rings (SSSR count). The van der Waals surface area contributed by atoms with Gasteiger partial charge in [-0.15, -0.1) is 0 Å². The average molecular weight is 405 g/mol. The smallest absolute Gasteiger partial charge is 0.193 e. The van der Waals surface area contributed by atoms with E-state index >= 15 is 0 Å². The zero-order valence-corrected chi connectivity index (χ0v) is 17.8. The summed E-state index contributed by atoms with van der Waals surface area (Å²) in [5.74, 6) is 0. The molecule has 0 bridgehead atoms. The second-order valence-corrected chi connectivity index (χ2v) is 8.01. The highest BCUT2D eigenvalue weighted by Crippen LogP contribution is 2.40. The summed E-state index contributed by atoms with van der Waals surface area (Å²) in [4.78, 5) is 13.1. The van der Waals surface area contributed by atoms with Crippen LogP contribution in [0.3, 0.4) is 0 Å². The topological polar surface area (TPSA) is 37.3 Å². The minimum absolute atomic E-state index is 0.0261. The van der Waals surface area contributed by atoms with Crippen LogP contribution in [0.15, 0.2) is 77.6 Å². The third-order valence-corrected chi connectivity index (χ3v) is 6.35. The van der Waals surface area contributed by atoms with Crippen molar-refractivity contribution >= 4 is 27.6 Å². The molecule has 0 radical (unpaired) electrons. The second kappa shape index (κ2) is 7.64. The molecule has 0 amide bonds. The summed E-state index contributed by atoms with van der Waals surface area (Å²) in [6.45, 7) is 4.11. The van der Waals surface area contributed by atoms with Gasteiger partial charge in [0.15, 0.2) is 5.43 Å². The molecule has 2 nitrogen and oxygen atoms in total. The quantitative estimate of drug-likeness (QED) is 0.417. The molecule has 5 aromatic carbocycles. The van der Waals surface area contributed by atoms with Crippen LogP contribution < -0.4 is 10.6 Å². The van der Waals surface area contributed by atoms with Crippen LogP contribution in [-0.4, -0.2) is 5.11 Å². The van der Waals surface area contributed by atoms with E-state index in [0.29, 0.717) is 0 Å². The monoisotopic (exact) mass is 404 g/mol. The van der Waals surface area contributed by atoms with Gasteiger partial charge in [-0.1, -0.05) is 79.7 Å². The minimum Gasteiger partial charge on any atom is -0.392 e. The van der Waals surface area contributed by atoms with Crippen molar-refractivity contribution in [3.63, 3.8) is 0 Å². The van der Waals surface area contributed by atoms with Crippen molar-refractivity contribution in [2.45, 2.75) is 26.9 Å². The van der Waals surface area contributed by atoms with Crippen LogP contribution in [-0.2, 0) is 13.0 Å². The minimum atomic E-state index is 0.0261. The summed E-state index contributed by atoms with van der Waals surface area (Å²) >= 11 is 0. The summed E-state index contributed by atoms with van der Waals surface area (Å²) in [5, 5.41) is 14.2. The van der Waals surface area contributed by atoms with Gasteiger partial charge in [0.05, 0.1) is 6.61 Å². The van der Waals surface area contributed by atoms with E-state index in [1.807, 2.05) is 43.3 Å². The van der Waals surface area contributed by atoms with E-state index in [-0.39, 0.29) is 12.0 Å². The Hall–Kier alpha value is -3.49. The maximum Gasteiger partial charge on any atom is 0.193 e. The van der Waals surface area contributed by atoms with Crippen LogP contribution in [0.2, 0.25) is 0 Å². The van der Waals surface area contributed by atoms with Gasteiger partial charge in [0.25, 0.3) is 0 Å². The van der Waals surface area contributed by atoms with Crippen molar-refractivity contribution in [3.8, 4) is 22.3 Å². The standard InChI is InChI=1S/C29H24O2/c1-3-18-5-9-20(10-6-18)23-13-15-25-22(4-2)29(31)26-16-14-24(27(23)28(25)26)21-11-7-19(17-30)8-12-21/h4-16,30H,3,17H2,1-2H3. The van der Waals surface area contributed by atoms with Gasteiger partial charge in [-0.05, 0) is 63.6 Å². The Balaban J connectivity index is 1.90. The highest BCUT2D eigenvalue weighted by Gasteiger charge is 2.18. The molecular weight excluding hydrogens is 380 g/mol. The normalized spacial score (nSPS) is 12.3. The third-order valence-electron chi connectivity index (χ3n) is 6.35. The number of aryl methyl sites for hydroxylation is 1. The highest BCUT2D eigenvalue weighted by molar-refractivity contribution is 6.21. The molecule has 0 aliphatic rings. The van der Waals surface area contributed by atoms with Gasteiger partial charge in [0.1, 0.15) is 0 Å². The summed E-state index contributed by atoms with van der Waals surface area (Å²) < 4.78 is 0. The average Bonchev–Trinajstić information content (AvgIpc) is 3.11. The van der Waals surface area contributed by atoms with Crippen molar-refractivity contribution in [3.05, 3.63) is 99.4 Å². The van der Waals surface area contributed by atoms with Crippen LogP contribution in [0, 0.1) is 0 Å². The van der Waals surface area contributed by atoms with Crippen molar-refractivity contribution in [1.82, 2.24) is 0 Å². The number of aliphatic hydroxyl groups is 1. The molecule has 0 spiro atoms. The summed E-state index contributed by atoms with van der Waals surface area (Å²) in [5.41, 5.74) is 6.75. The molecule has 1 N–H and O–H groups in total. The lowest BCUT2D eigenvalue weighted by Gasteiger charge is -2.14. The maximum absolute atomic E-state index is 13.1. The van der Waals surface area contributed by atoms with Gasteiger partial charge in [-0.25, -0.2) is 0 Å². The lowest BCUT2D eigenvalue weighted by atomic mass is 9.89. The summed E-state index contributed by atoms with van der Waals surface area (Å²) in [6.07, 6.45) is 2.92. The van der Waals surface area contributed by atoms with Crippen molar-refractivity contribution in [2.75, 3.05) is 0 Å². The zero-order chi connectivity index (χ0) is 21.5. The van der Waals surface area contributed by atoms with Crippen molar-refractivity contribution in [1.29, 1.82) is 0 Å². The fourth-order valence-corrected chi connectivity index (χ4v) is 4.65. The molecule has 0 aliphatic carbocycles. The molecule has 0 atom stereocenters. The predicted molar refractivity (Wildman–Crippen MR) is 130 cm³/mol. The van der Waals surface area contributed by atoms with E-state index in [2.05, 4.69) is 49.4 Å². The largest absolute Gasteiger partial charge is 0.392 e. The van der Waals surface area contributed by atoms with Gasteiger partial charge in [-0.3, -0.25) is 4.79 Å². The molecule has 31 heavy (non-hydrogen) atoms. The second-order valence-electron chi connectivity index (χ2n) is 8.01. The Labute approximate surface area is 181 Å². The molecule has 0 aliphatic heterocycles. The molecule has 0 heterocycles. The first-order chi connectivity index (χ1) is 15.2. The van der Waals surface area contributed by atoms with E-state index in [4.69, 9.17) is 0 Å². The molecule has 0 saturated heterocycles. The summed E-state index contributed by atoms with van der Waals surface area (Å²) in [6, 6.07) is 25.0. The number of benzene rings is 4. The highest BCUT2D eigenvalue weighted by atomic mass is 16.3. The Morgan fingerprint density at radius 1 is 0.710 bits per heavy atom. The van der Waals surface area contributed by atoms with Crippen LogP contribution in [0.4, 0.5) is 0 Å². The molecule has 2 heteroatoms. The predicted octanol–water partition coefficient (Wildman–Crippen LogP) is 5.70. The fraction of sp³-hybridized carbons (Fsp3) is 0.138. The molecular formula is C29H24O2. The van der Waals surface area contributed by atoms with E-state index in [1.54, 1.807) is 0 Å². The van der Waals surface area contributed by atoms with Gasteiger partial charge in [-0.2, -0.15) is 0 Å². The number of hydrogen-bond donors (Lipinski definition) is 1. The van der Waals surface area contributed by atoms with Crippen molar-refractivity contribution in [2.24, 2.45) is 0 Å². The Bertz CT molecular complexity index is 1440. The van der Waals surface area contributed by atoms with E-state index in [1.165, 1.54) is 5.56 Å². The van der Waals surface area contributed by atoms with Gasteiger partial charge in [0.2, 0.25) is 0 Å². The first kappa shape index (κ1) is 19.5.